The van der Waals surface area contributed by atoms with E-state index in [2.05, 4.69) is 49.1 Å². The number of piperidine rings is 1. The summed E-state index contributed by atoms with van der Waals surface area (Å²) in [6.45, 7) is 8.98. The van der Waals surface area contributed by atoms with Gasteiger partial charge in [-0.05, 0) is 90.4 Å². The molecule has 0 aromatic carbocycles. The summed E-state index contributed by atoms with van der Waals surface area (Å²) >= 11 is 1.86. The van der Waals surface area contributed by atoms with Gasteiger partial charge in [-0.25, -0.2) is 0 Å². The van der Waals surface area contributed by atoms with Gasteiger partial charge < -0.3 is 9.80 Å². The van der Waals surface area contributed by atoms with Crippen molar-refractivity contribution in [2.45, 2.75) is 71.3 Å². The van der Waals surface area contributed by atoms with E-state index in [0.717, 1.165) is 24.4 Å². The first-order valence-electron chi connectivity index (χ1n) is 10.1. The quantitative estimate of drug-likeness (QED) is 0.742. The van der Waals surface area contributed by atoms with Crippen molar-refractivity contribution in [2.24, 2.45) is 11.8 Å². The van der Waals surface area contributed by atoms with Crippen LogP contribution in [0.2, 0.25) is 0 Å². The fourth-order valence-corrected chi connectivity index (χ4v) is 5.41. The van der Waals surface area contributed by atoms with Crippen molar-refractivity contribution in [1.82, 2.24) is 4.90 Å². The zero-order valence-corrected chi connectivity index (χ0v) is 17.1. The van der Waals surface area contributed by atoms with Crippen LogP contribution in [-0.2, 0) is 4.79 Å². The van der Waals surface area contributed by atoms with Gasteiger partial charge in [0.25, 0.3) is 0 Å². The predicted octanol–water partition coefficient (Wildman–Crippen LogP) is 5.13. The van der Waals surface area contributed by atoms with E-state index in [1.807, 2.05) is 11.3 Å². The highest BCUT2D eigenvalue weighted by Crippen LogP contribution is 2.37. The van der Waals surface area contributed by atoms with Crippen LogP contribution in [0, 0.1) is 11.8 Å². The minimum atomic E-state index is 0.227. The van der Waals surface area contributed by atoms with Gasteiger partial charge in [0, 0.05) is 22.2 Å². The minimum absolute atomic E-state index is 0.227. The summed E-state index contributed by atoms with van der Waals surface area (Å²) in [5, 5.41) is 2.22. The molecular weight excluding hydrogens is 328 g/mol. The van der Waals surface area contributed by atoms with Crippen molar-refractivity contribution >= 4 is 22.9 Å². The predicted molar refractivity (Wildman–Crippen MR) is 108 cm³/mol. The highest BCUT2D eigenvalue weighted by Gasteiger charge is 2.31. The second-order valence-electron chi connectivity index (χ2n) is 8.54. The molecule has 0 spiro atoms. The van der Waals surface area contributed by atoms with Gasteiger partial charge in [-0.1, -0.05) is 6.92 Å². The van der Waals surface area contributed by atoms with Crippen LogP contribution in [0.25, 0.3) is 0 Å². The van der Waals surface area contributed by atoms with Crippen LogP contribution in [0.4, 0.5) is 5.69 Å². The lowest BCUT2D eigenvalue weighted by Gasteiger charge is -2.33. The number of carbonyl (C=O) groups excluding carboxylic acids is 1. The topological polar surface area (TPSA) is 23.6 Å². The molecule has 1 saturated carbocycles. The second-order valence-corrected chi connectivity index (χ2v) is 9.49. The van der Waals surface area contributed by atoms with Gasteiger partial charge in [0.2, 0.25) is 5.91 Å². The summed E-state index contributed by atoms with van der Waals surface area (Å²) in [5.41, 5.74) is 1.14. The molecule has 1 amide bonds. The molecule has 0 unspecified atom stereocenters. The Morgan fingerprint density at radius 1 is 1.16 bits per heavy atom. The van der Waals surface area contributed by atoms with Gasteiger partial charge in [-0.2, -0.15) is 0 Å². The smallest absolute Gasteiger partial charge is 0.230 e. The number of amides is 1. The molecular formula is C21H34N2OS. The van der Waals surface area contributed by atoms with E-state index in [-0.39, 0.29) is 12.0 Å². The van der Waals surface area contributed by atoms with Crippen LogP contribution < -0.4 is 4.90 Å². The number of hydrogen-bond acceptors (Lipinski definition) is 3. The monoisotopic (exact) mass is 362 g/mol. The number of hydrogen-bond donors (Lipinski definition) is 0. The van der Waals surface area contributed by atoms with Crippen LogP contribution >= 0.6 is 11.3 Å². The van der Waals surface area contributed by atoms with Gasteiger partial charge in [0.1, 0.15) is 0 Å². The summed E-state index contributed by atoms with van der Waals surface area (Å²) in [5.74, 6) is 2.04. The van der Waals surface area contributed by atoms with E-state index in [9.17, 15) is 4.79 Å². The number of rotatable bonds is 4. The SMILES string of the molecule is CC1CCC(C(=O)N(c2csc(C3CCN(C)CC3)c2)C(C)C)CC1. The lowest BCUT2D eigenvalue weighted by molar-refractivity contribution is -0.123. The molecule has 1 aromatic rings. The molecule has 0 radical (unpaired) electrons. The third kappa shape index (κ3) is 4.46. The Bertz CT molecular complexity index is 566. The molecule has 3 nitrogen and oxygen atoms in total. The average Bonchev–Trinajstić information content (AvgIpc) is 3.05. The van der Waals surface area contributed by atoms with Gasteiger partial charge in [0.15, 0.2) is 0 Å². The molecule has 1 aromatic heterocycles. The normalized spacial score (nSPS) is 26.1. The van der Waals surface area contributed by atoms with Gasteiger partial charge in [-0.3, -0.25) is 4.79 Å². The van der Waals surface area contributed by atoms with Crippen molar-refractivity contribution in [3.63, 3.8) is 0 Å². The number of nitrogens with zero attached hydrogens (tertiary/aromatic N) is 2. The summed E-state index contributed by atoms with van der Waals surface area (Å²) < 4.78 is 0. The molecule has 25 heavy (non-hydrogen) atoms. The molecule has 1 aliphatic heterocycles. The zero-order valence-electron chi connectivity index (χ0n) is 16.3. The van der Waals surface area contributed by atoms with Gasteiger partial charge >= 0.3 is 0 Å². The Hall–Kier alpha value is -0.870. The minimum Gasteiger partial charge on any atom is -0.309 e. The van der Waals surface area contributed by atoms with Crippen LogP contribution in [0.5, 0.6) is 0 Å². The molecule has 1 aliphatic carbocycles. The van der Waals surface area contributed by atoms with E-state index in [1.54, 1.807) is 0 Å². The number of likely N-dealkylation sites (tertiary alicyclic amines) is 1. The van der Waals surface area contributed by atoms with Crippen LogP contribution in [-0.4, -0.2) is 37.0 Å². The fourth-order valence-electron chi connectivity index (χ4n) is 4.36. The van der Waals surface area contributed by atoms with Crippen LogP contribution in [0.1, 0.15) is 70.1 Å². The molecule has 4 heteroatoms. The average molecular weight is 363 g/mol. The Labute approximate surface area is 157 Å². The van der Waals surface area contributed by atoms with Crippen LogP contribution in [0.3, 0.4) is 0 Å². The highest BCUT2D eigenvalue weighted by atomic mass is 32.1. The fraction of sp³-hybridized carbons (Fsp3) is 0.762. The third-order valence-electron chi connectivity index (χ3n) is 6.12. The lowest BCUT2D eigenvalue weighted by Crippen LogP contribution is -2.42. The summed E-state index contributed by atoms with van der Waals surface area (Å²) in [6, 6.07) is 2.54. The van der Waals surface area contributed by atoms with E-state index >= 15 is 0 Å². The summed E-state index contributed by atoms with van der Waals surface area (Å²) in [6.07, 6.45) is 7.02. The largest absolute Gasteiger partial charge is 0.309 e. The molecule has 140 valence electrons. The molecule has 2 fully saturated rings. The lowest BCUT2D eigenvalue weighted by atomic mass is 9.82. The number of carbonyl (C=O) groups is 1. The van der Waals surface area contributed by atoms with E-state index in [0.29, 0.717) is 11.8 Å². The molecule has 1 saturated heterocycles. The summed E-state index contributed by atoms with van der Waals surface area (Å²) in [7, 11) is 2.21. The van der Waals surface area contributed by atoms with Crippen molar-refractivity contribution in [1.29, 1.82) is 0 Å². The van der Waals surface area contributed by atoms with Crippen molar-refractivity contribution in [2.75, 3.05) is 25.0 Å². The molecule has 2 heterocycles. The molecule has 0 bridgehead atoms. The summed E-state index contributed by atoms with van der Waals surface area (Å²) in [4.78, 5) is 19.2. The number of anilines is 1. The maximum atomic E-state index is 13.2. The van der Waals surface area contributed by atoms with E-state index < -0.39 is 0 Å². The highest BCUT2D eigenvalue weighted by molar-refractivity contribution is 7.10. The Morgan fingerprint density at radius 2 is 1.80 bits per heavy atom. The molecule has 0 N–H and O–H groups in total. The second kappa shape index (κ2) is 8.22. The molecule has 3 rings (SSSR count). The Kier molecular flexibility index (Phi) is 6.21. The van der Waals surface area contributed by atoms with Crippen LogP contribution in [0.15, 0.2) is 11.4 Å². The maximum Gasteiger partial charge on any atom is 0.230 e. The van der Waals surface area contributed by atoms with Crippen molar-refractivity contribution in [3.05, 3.63) is 16.3 Å². The Balaban J connectivity index is 1.71. The Morgan fingerprint density at radius 3 is 2.40 bits per heavy atom. The standard InChI is InChI=1S/C21H34N2OS/c1-15(2)23(21(24)18-7-5-16(3)6-8-18)19-13-20(25-14-19)17-9-11-22(4)12-10-17/h13-18H,5-12H2,1-4H3. The maximum absolute atomic E-state index is 13.2. The third-order valence-corrected chi connectivity index (χ3v) is 7.21. The van der Waals surface area contributed by atoms with Crippen molar-refractivity contribution in [3.8, 4) is 0 Å². The van der Waals surface area contributed by atoms with E-state index in [1.165, 1.54) is 43.6 Å². The first-order valence-corrected chi connectivity index (χ1v) is 10.9. The zero-order chi connectivity index (χ0) is 18.0. The first kappa shape index (κ1) is 18.9. The van der Waals surface area contributed by atoms with E-state index in [4.69, 9.17) is 0 Å². The van der Waals surface area contributed by atoms with Crippen molar-refractivity contribution < 1.29 is 4.79 Å². The number of thiophene rings is 1. The van der Waals surface area contributed by atoms with Gasteiger partial charge in [-0.15, -0.1) is 11.3 Å². The molecule has 0 atom stereocenters. The van der Waals surface area contributed by atoms with Gasteiger partial charge in [0.05, 0.1) is 5.69 Å². The first-order chi connectivity index (χ1) is 12.0. The molecule has 2 aliphatic rings.